The fourth-order valence-electron chi connectivity index (χ4n) is 0.390. The highest BCUT2D eigenvalue weighted by molar-refractivity contribution is 5.72. The third-order valence-corrected chi connectivity index (χ3v) is 0.679. The van der Waals surface area contributed by atoms with Crippen LogP contribution in [0.2, 0.25) is 0 Å². The van der Waals surface area contributed by atoms with Crippen LogP contribution in [-0.4, -0.2) is 19.1 Å². The van der Waals surface area contributed by atoms with Gasteiger partial charge in [0.25, 0.3) is 0 Å². The zero-order valence-corrected chi connectivity index (χ0v) is 6.18. The Balaban J connectivity index is 0.000000291. The van der Waals surface area contributed by atoms with Crippen molar-refractivity contribution in [2.45, 2.75) is 20.8 Å². The molecule has 1 aliphatic rings. The van der Waals surface area contributed by atoms with Crippen molar-refractivity contribution in [3.05, 3.63) is 0 Å². The topological polar surface area (TPSA) is 30.8 Å². The summed E-state index contributed by atoms with van der Waals surface area (Å²) in [5, 5.41) is 3.52. The summed E-state index contributed by atoms with van der Waals surface area (Å²) in [6, 6.07) is 0. The molecule has 0 saturated heterocycles. The summed E-state index contributed by atoms with van der Waals surface area (Å²) < 4.78 is 4.90. The van der Waals surface area contributed by atoms with Gasteiger partial charge in [0.1, 0.15) is 6.61 Å². The molecule has 0 radical (unpaired) electrons. The third kappa shape index (κ3) is 3.82. The Kier molecular flexibility index (Phi) is 4.97. The molecule has 0 spiro atoms. The molecule has 9 heavy (non-hydrogen) atoms. The lowest BCUT2D eigenvalue weighted by Gasteiger charge is -2.08. The van der Waals surface area contributed by atoms with E-state index in [4.69, 9.17) is 4.74 Å². The van der Waals surface area contributed by atoms with Crippen LogP contribution in [0, 0.1) is 0 Å². The summed E-state index contributed by atoms with van der Waals surface area (Å²) in [5.74, 6) is 0.617. The van der Waals surface area contributed by atoms with Gasteiger partial charge in [0.05, 0.1) is 0 Å². The SMILES string of the molecule is CC.CC1=NOCCO1. The second-order valence-electron chi connectivity index (χ2n) is 1.29. The summed E-state index contributed by atoms with van der Waals surface area (Å²) in [6.07, 6.45) is 0. The van der Waals surface area contributed by atoms with E-state index < -0.39 is 0 Å². The van der Waals surface area contributed by atoms with Crippen LogP contribution in [0.25, 0.3) is 0 Å². The van der Waals surface area contributed by atoms with Crippen LogP contribution in [0.3, 0.4) is 0 Å². The van der Waals surface area contributed by atoms with Gasteiger partial charge in [0, 0.05) is 6.92 Å². The van der Waals surface area contributed by atoms with Crippen LogP contribution in [0.15, 0.2) is 5.16 Å². The van der Waals surface area contributed by atoms with E-state index in [0.717, 1.165) is 0 Å². The lowest BCUT2D eigenvalue weighted by molar-refractivity contribution is 0.0639. The Bertz CT molecular complexity index is 91.1. The molecule has 3 nitrogen and oxygen atoms in total. The van der Waals surface area contributed by atoms with E-state index in [9.17, 15) is 0 Å². The number of nitrogens with zero attached hydrogens (tertiary/aromatic N) is 1. The number of oxime groups is 1. The fourth-order valence-corrected chi connectivity index (χ4v) is 0.390. The monoisotopic (exact) mass is 131 g/mol. The van der Waals surface area contributed by atoms with Crippen molar-refractivity contribution in [3.8, 4) is 0 Å². The zero-order valence-electron chi connectivity index (χ0n) is 6.18. The molecular weight excluding hydrogens is 118 g/mol. The van der Waals surface area contributed by atoms with E-state index in [1.807, 2.05) is 13.8 Å². The molecule has 0 saturated carbocycles. The first kappa shape index (κ1) is 8.27. The van der Waals surface area contributed by atoms with Crippen molar-refractivity contribution in [2.24, 2.45) is 5.16 Å². The molecule has 3 heteroatoms. The molecule has 0 aromatic carbocycles. The minimum atomic E-state index is 0.581. The Morgan fingerprint density at radius 1 is 1.33 bits per heavy atom. The molecule has 1 rings (SSSR count). The van der Waals surface area contributed by atoms with Crippen LogP contribution in [0.1, 0.15) is 20.8 Å². The molecule has 0 bridgehead atoms. The third-order valence-electron chi connectivity index (χ3n) is 0.679. The standard InChI is InChI=1S/C4H7NO2.C2H6/c1-4-5-7-3-2-6-4;1-2/h2-3H2,1H3;1-2H3. The van der Waals surface area contributed by atoms with Crippen LogP contribution in [0.4, 0.5) is 0 Å². The van der Waals surface area contributed by atoms with E-state index in [1.54, 1.807) is 6.92 Å². The maximum atomic E-state index is 4.90. The van der Waals surface area contributed by atoms with Gasteiger partial charge in [-0.15, -0.1) is 0 Å². The number of hydrogen-bond donors (Lipinski definition) is 0. The Morgan fingerprint density at radius 2 is 2.00 bits per heavy atom. The quantitative estimate of drug-likeness (QED) is 0.497. The molecule has 54 valence electrons. The first-order valence-electron chi connectivity index (χ1n) is 3.19. The lowest BCUT2D eigenvalue weighted by atomic mass is 10.7. The first-order chi connectivity index (χ1) is 4.39. The highest BCUT2D eigenvalue weighted by Crippen LogP contribution is 1.90. The predicted octanol–water partition coefficient (Wildman–Crippen LogP) is 1.39. The van der Waals surface area contributed by atoms with Crippen molar-refractivity contribution in [3.63, 3.8) is 0 Å². The van der Waals surface area contributed by atoms with E-state index >= 15 is 0 Å². The average Bonchev–Trinajstić information content (AvgIpc) is 1.94. The van der Waals surface area contributed by atoms with Gasteiger partial charge < -0.3 is 9.57 Å². The van der Waals surface area contributed by atoms with Crippen LogP contribution >= 0.6 is 0 Å². The largest absolute Gasteiger partial charge is 0.475 e. The summed E-state index contributed by atoms with van der Waals surface area (Å²) in [6.45, 7) is 6.98. The van der Waals surface area contributed by atoms with Gasteiger partial charge in [0.15, 0.2) is 6.61 Å². The molecule has 1 aliphatic heterocycles. The summed E-state index contributed by atoms with van der Waals surface area (Å²) in [7, 11) is 0. The van der Waals surface area contributed by atoms with Crippen LogP contribution in [0.5, 0.6) is 0 Å². The molecule has 0 aromatic heterocycles. The predicted molar refractivity (Wildman–Crippen MR) is 36.4 cm³/mol. The number of rotatable bonds is 0. The minimum Gasteiger partial charge on any atom is -0.475 e. The van der Waals surface area contributed by atoms with Gasteiger partial charge in [-0.3, -0.25) is 0 Å². The smallest absolute Gasteiger partial charge is 0.222 e. The molecule has 0 amide bonds. The highest BCUT2D eigenvalue weighted by Gasteiger charge is 1.97. The van der Waals surface area contributed by atoms with E-state index in [2.05, 4.69) is 9.99 Å². The maximum absolute atomic E-state index is 4.90. The molecule has 0 N–H and O–H groups in total. The Labute approximate surface area is 55.6 Å². The molecule has 1 heterocycles. The minimum absolute atomic E-state index is 0.581. The fraction of sp³-hybridized carbons (Fsp3) is 0.833. The number of hydrogen-bond acceptors (Lipinski definition) is 3. The lowest BCUT2D eigenvalue weighted by Crippen LogP contribution is -2.12. The summed E-state index contributed by atoms with van der Waals surface area (Å²) in [4.78, 5) is 4.64. The Hall–Kier alpha value is -0.730. The first-order valence-corrected chi connectivity index (χ1v) is 3.19. The summed E-state index contributed by atoms with van der Waals surface area (Å²) in [5.41, 5.74) is 0. The summed E-state index contributed by atoms with van der Waals surface area (Å²) >= 11 is 0. The van der Waals surface area contributed by atoms with Crippen molar-refractivity contribution in [2.75, 3.05) is 13.2 Å². The van der Waals surface area contributed by atoms with Crippen LogP contribution < -0.4 is 0 Å². The van der Waals surface area contributed by atoms with Crippen molar-refractivity contribution >= 4 is 5.90 Å². The zero-order chi connectivity index (χ0) is 7.11. The van der Waals surface area contributed by atoms with Crippen molar-refractivity contribution in [1.29, 1.82) is 0 Å². The number of ether oxygens (including phenoxy) is 1. The second-order valence-corrected chi connectivity index (χ2v) is 1.29. The molecule has 0 fully saturated rings. The van der Waals surface area contributed by atoms with Gasteiger partial charge in [0.2, 0.25) is 5.90 Å². The molecule has 0 aromatic rings. The normalized spacial score (nSPS) is 15.7. The van der Waals surface area contributed by atoms with Gasteiger partial charge in [-0.1, -0.05) is 19.0 Å². The van der Waals surface area contributed by atoms with Gasteiger partial charge in [-0.05, 0) is 0 Å². The van der Waals surface area contributed by atoms with E-state index in [-0.39, 0.29) is 0 Å². The highest BCUT2D eigenvalue weighted by atomic mass is 16.7. The molecule has 0 unspecified atom stereocenters. The van der Waals surface area contributed by atoms with E-state index in [1.165, 1.54) is 0 Å². The maximum Gasteiger partial charge on any atom is 0.222 e. The van der Waals surface area contributed by atoms with Crippen LogP contribution in [-0.2, 0) is 9.57 Å². The van der Waals surface area contributed by atoms with E-state index in [0.29, 0.717) is 19.1 Å². The second kappa shape index (κ2) is 5.41. The van der Waals surface area contributed by atoms with Crippen molar-refractivity contribution < 1.29 is 9.57 Å². The average molecular weight is 131 g/mol. The van der Waals surface area contributed by atoms with Gasteiger partial charge in [-0.2, -0.15) is 0 Å². The van der Waals surface area contributed by atoms with Gasteiger partial charge >= 0.3 is 0 Å². The molecular formula is C6H13NO2. The Morgan fingerprint density at radius 3 is 2.22 bits per heavy atom. The molecule has 0 aliphatic carbocycles. The van der Waals surface area contributed by atoms with Gasteiger partial charge in [-0.25, -0.2) is 0 Å². The molecule has 0 atom stereocenters. The van der Waals surface area contributed by atoms with Crippen molar-refractivity contribution in [1.82, 2.24) is 0 Å².